The molecule has 0 spiro atoms. The molecule has 0 aromatic carbocycles. The van der Waals surface area contributed by atoms with Crippen molar-refractivity contribution in [2.24, 2.45) is 0 Å². The van der Waals surface area contributed by atoms with Gasteiger partial charge in [-0.2, -0.15) is 5.10 Å². The van der Waals surface area contributed by atoms with Gasteiger partial charge in [0, 0.05) is 31.5 Å². The minimum absolute atomic E-state index is 0.147. The molecular formula is C16H21N5O2. The van der Waals surface area contributed by atoms with Crippen LogP contribution in [0.1, 0.15) is 47.6 Å². The number of hydrogen-bond donors (Lipinski definition) is 1. The molecule has 1 atom stereocenters. The van der Waals surface area contributed by atoms with Gasteiger partial charge in [-0.25, -0.2) is 9.97 Å². The van der Waals surface area contributed by atoms with Crippen LogP contribution in [0.4, 0.5) is 0 Å². The summed E-state index contributed by atoms with van der Waals surface area (Å²) < 4.78 is 7.21. The lowest BCUT2D eigenvalue weighted by Gasteiger charge is -2.20. The molecule has 7 nitrogen and oxygen atoms in total. The van der Waals surface area contributed by atoms with E-state index in [1.807, 2.05) is 13.0 Å². The third-order valence-corrected chi connectivity index (χ3v) is 3.91. The quantitative estimate of drug-likeness (QED) is 0.904. The predicted molar refractivity (Wildman–Crippen MR) is 83.9 cm³/mol. The summed E-state index contributed by atoms with van der Waals surface area (Å²) in [5.74, 6) is 0.906. The summed E-state index contributed by atoms with van der Waals surface area (Å²) in [6.07, 6.45) is 7.14. The summed E-state index contributed by atoms with van der Waals surface area (Å²) in [4.78, 5) is 21.0. The molecule has 0 bridgehead atoms. The molecule has 2 aromatic heterocycles. The Morgan fingerprint density at radius 3 is 3.17 bits per heavy atom. The first kappa shape index (κ1) is 15.6. The van der Waals surface area contributed by atoms with E-state index < -0.39 is 0 Å². The van der Waals surface area contributed by atoms with Crippen molar-refractivity contribution in [3.05, 3.63) is 41.7 Å². The zero-order chi connectivity index (χ0) is 16.1. The van der Waals surface area contributed by atoms with Gasteiger partial charge in [0.15, 0.2) is 0 Å². The minimum atomic E-state index is -0.147. The van der Waals surface area contributed by atoms with Crippen LogP contribution < -0.4 is 5.32 Å². The van der Waals surface area contributed by atoms with E-state index >= 15 is 0 Å². The maximum absolute atomic E-state index is 12.1. The number of amides is 1. The van der Waals surface area contributed by atoms with Gasteiger partial charge in [0.1, 0.15) is 5.82 Å². The molecule has 1 aliphatic heterocycles. The maximum atomic E-state index is 12.1. The standard InChI is InChI=1S/C16H21N5O2/c1-2-21-10-13(8-19-21)16(22)18-9-14-5-6-17-15(20-14)12-4-3-7-23-11-12/h5-6,8,10,12H,2-4,7,9,11H2,1H3,(H,18,22)/t12-/m0/s1. The van der Waals surface area contributed by atoms with Crippen molar-refractivity contribution in [1.29, 1.82) is 0 Å². The highest BCUT2D eigenvalue weighted by Crippen LogP contribution is 2.22. The Labute approximate surface area is 135 Å². The van der Waals surface area contributed by atoms with Crippen LogP contribution in [-0.4, -0.2) is 38.9 Å². The van der Waals surface area contributed by atoms with Crippen LogP contribution in [0, 0.1) is 0 Å². The molecule has 23 heavy (non-hydrogen) atoms. The van der Waals surface area contributed by atoms with E-state index in [2.05, 4.69) is 20.4 Å². The molecule has 1 fully saturated rings. The zero-order valence-electron chi connectivity index (χ0n) is 13.2. The SMILES string of the molecule is CCn1cc(C(=O)NCc2ccnc([C@H]3CCCOC3)n2)cn1. The summed E-state index contributed by atoms with van der Waals surface area (Å²) in [7, 11) is 0. The van der Waals surface area contributed by atoms with Crippen LogP contribution >= 0.6 is 0 Å². The third kappa shape index (κ3) is 3.92. The van der Waals surface area contributed by atoms with Crippen LogP contribution in [-0.2, 0) is 17.8 Å². The number of ether oxygens (including phenoxy) is 1. The summed E-state index contributed by atoms with van der Waals surface area (Å²) in [6, 6.07) is 1.82. The number of carbonyl (C=O) groups excluding carboxylic acids is 1. The largest absolute Gasteiger partial charge is 0.381 e. The van der Waals surface area contributed by atoms with Gasteiger partial charge >= 0.3 is 0 Å². The van der Waals surface area contributed by atoms with Crippen molar-refractivity contribution in [3.8, 4) is 0 Å². The fourth-order valence-electron chi connectivity index (χ4n) is 2.58. The van der Waals surface area contributed by atoms with Gasteiger partial charge < -0.3 is 10.1 Å². The molecule has 0 radical (unpaired) electrons. The van der Waals surface area contributed by atoms with E-state index in [0.717, 1.165) is 37.5 Å². The Hall–Kier alpha value is -2.28. The van der Waals surface area contributed by atoms with Gasteiger partial charge in [0.2, 0.25) is 0 Å². The summed E-state index contributed by atoms with van der Waals surface area (Å²) in [6.45, 7) is 4.58. The fourth-order valence-corrected chi connectivity index (χ4v) is 2.58. The molecule has 0 unspecified atom stereocenters. The van der Waals surface area contributed by atoms with E-state index in [9.17, 15) is 4.79 Å². The van der Waals surface area contributed by atoms with Crippen molar-refractivity contribution in [1.82, 2.24) is 25.1 Å². The molecule has 3 heterocycles. The number of hydrogen-bond acceptors (Lipinski definition) is 5. The summed E-state index contributed by atoms with van der Waals surface area (Å²) >= 11 is 0. The van der Waals surface area contributed by atoms with Crippen LogP contribution in [0.3, 0.4) is 0 Å². The van der Waals surface area contributed by atoms with Gasteiger partial charge in [-0.1, -0.05) is 0 Å². The molecule has 1 aliphatic rings. The lowest BCUT2D eigenvalue weighted by atomic mass is 10.0. The Morgan fingerprint density at radius 1 is 1.52 bits per heavy atom. The summed E-state index contributed by atoms with van der Waals surface area (Å²) in [5.41, 5.74) is 1.36. The molecule has 0 aliphatic carbocycles. The van der Waals surface area contributed by atoms with E-state index in [1.165, 1.54) is 0 Å². The monoisotopic (exact) mass is 315 g/mol. The van der Waals surface area contributed by atoms with Crippen molar-refractivity contribution in [3.63, 3.8) is 0 Å². The molecular weight excluding hydrogens is 294 g/mol. The van der Waals surface area contributed by atoms with Gasteiger partial charge in [0.05, 0.1) is 30.6 Å². The molecule has 3 rings (SSSR count). The van der Waals surface area contributed by atoms with E-state index in [1.54, 1.807) is 23.3 Å². The van der Waals surface area contributed by atoms with Gasteiger partial charge in [0.25, 0.3) is 5.91 Å². The van der Waals surface area contributed by atoms with Gasteiger partial charge in [-0.15, -0.1) is 0 Å². The minimum Gasteiger partial charge on any atom is -0.381 e. The molecule has 2 aromatic rings. The molecule has 1 saturated heterocycles. The highest BCUT2D eigenvalue weighted by Gasteiger charge is 2.19. The lowest BCUT2D eigenvalue weighted by molar-refractivity contribution is 0.0779. The number of aromatic nitrogens is 4. The second-order valence-corrected chi connectivity index (χ2v) is 5.59. The highest BCUT2D eigenvalue weighted by molar-refractivity contribution is 5.93. The Bertz CT molecular complexity index is 664. The average molecular weight is 315 g/mol. The summed E-state index contributed by atoms with van der Waals surface area (Å²) in [5, 5.41) is 6.97. The maximum Gasteiger partial charge on any atom is 0.254 e. The Morgan fingerprint density at radius 2 is 2.43 bits per heavy atom. The van der Waals surface area contributed by atoms with Gasteiger partial charge in [-0.3, -0.25) is 9.48 Å². The molecule has 122 valence electrons. The average Bonchev–Trinajstić information content (AvgIpc) is 3.10. The predicted octanol–water partition coefficient (Wildman–Crippen LogP) is 1.52. The number of carbonyl (C=O) groups is 1. The second-order valence-electron chi connectivity index (χ2n) is 5.59. The van der Waals surface area contributed by atoms with E-state index in [4.69, 9.17) is 4.74 Å². The molecule has 1 amide bonds. The second kappa shape index (κ2) is 7.32. The Kier molecular flexibility index (Phi) is 4.97. The number of nitrogens with one attached hydrogen (secondary N) is 1. The van der Waals surface area contributed by atoms with Crippen molar-refractivity contribution in [2.45, 2.75) is 38.8 Å². The molecule has 7 heteroatoms. The van der Waals surface area contributed by atoms with E-state index in [0.29, 0.717) is 18.7 Å². The number of aryl methyl sites for hydroxylation is 1. The van der Waals surface area contributed by atoms with Crippen LogP contribution in [0.2, 0.25) is 0 Å². The van der Waals surface area contributed by atoms with E-state index in [-0.39, 0.29) is 11.8 Å². The third-order valence-electron chi connectivity index (χ3n) is 3.91. The normalized spacial score (nSPS) is 17.9. The zero-order valence-corrected chi connectivity index (χ0v) is 13.2. The van der Waals surface area contributed by atoms with Crippen molar-refractivity contribution < 1.29 is 9.53 Å². The van der Waals surface area contributed by atoms with Crippen LogP contribution in [0.25, 0.3) is 0 Å². The number of rotatable bonds is 5. The van der Waals surface area contributed by atoms with Gasteiger partial charge in [-0.05, 0) is 25.8 Å². The fraction of sp³-hybridized carbons (Fsp3) is 0.500. The Balaban J connectivity index is 1.60. The first-order valence-corrected chi connectivity index (χ1v) is 7.96. The van der Waals surface area contributed by atoms with Crippen molar-refractivity contribution in [2.75, 3.05) is 13.2 Å². The molecule has 0 saturated carbocycles. The first-order chi connectivity index (χ1) is 11.3. The van der Waals surface area contributed by atoms with Crippen LogP contribution in [0.15, 0.2) is 24.7 Å². The topological polar surface area (TPSA) is 81.9 Å². The number of nitrogens with zero attached hydrogens (tertiary/aromatic N) is 4. The van der Waals surface area contributed by atoms with Crippen molar-refractivity contribution >= 4 is 5.91 Å². The molecule has 1 N–H and O–H groups in total. The highest BCUT2D eigenvalue weighted by atomic mass is 16.5. The lowest BCUT2D eigenvalue weighted by Crippen LogP contribution is -2.24. The smallest absolute Gasteiger partial charge is 0.254 e. The first-order valence-electron chi connectivity index (χ1n) is 7.96. The van der Waals surface area contributed by atoms with Crippen LogP contribution in [0.5, 0.6) is 0 Å².